The molecule has 0 fully saturated rings. The van der Waals surface area contributed by atoms with Crippen LogP contribution in [0.1, 0.15) is 34.9 Å². The van der Waals surface area contributed by atoms with E-state index in [2.05, 4.69) is 61.0 Å². The van der Waals surface area contributed by atoms with Crippen molar-refractivity contribution in [1.29, 1.82) is 0 Å². The normalized spacial score (nSPS) is 12.4. The van der Waals surface area contributed by atoms with Crippen LogP contribution < -0.4 is 10.5 Å². The lowest BCUT2D eigenvalue weighted by Crippen LogP contribution is -2.21. The van der Waals surface area contributed by atoms with Gasteiger partial charge in [0.05, 0.1) is 3.79 Å². The third-order valence-electron chi connectivity index (χ3n) is 3.53. The van der Waals surface area contributed by atoms with Crippen molar-refractivity contribution in [2.45, 2.75) is 46.3 Å². The zero-order chi connectivity index (χ0) is 15.4. The van der Waals surface area contributed by atoms with Gasteiger partial charge in [0, 0.05) is 10.9 Å². The van der Waals surface area contributed by atoms with Crippen LogP contribution in [0.15, 0.2) is 28.1 Å². The predicted octanol–water partition coefficient (Wildman–Crippen LogP) is 4.99. The van der Waals surface area contributed by atoms with Crippen LogP contribution >= 0.6 is 27.3 Å². The number of hydrogen-bond donors (Lipinski definition) is 1. The first-order chi connectivity index (χ1) is 9.99. The third kappa shape index (κ3) is 4.56. The van der Waals surface area contributed by atoms with Crippen molar-refractivity contribution in [3.05, 3.63) is 49.6 Å². The number of rotatable bonds is 6. The highest BCUT2D eigenvalue weighted by Gasteiger charge is 2.09. The standard InChI is InChI=1S/C17H22BrNOS/c1-4-14(19)9-13-7-11(2)17(12(3)8-13)20-10-15-5-6-16(18)21-15/h5-8,14H,4,9-10,19H2,1-3H3. The van der Waals surface area contributed by atoms with E-state index in [1.807, 2.05) is 0 Å². The van der Waals surface area contributed by atoms with E-state index >= 15 is 0 Å². The molecule has 114 valence electrons. The average molecular weight is 368 g/mol. The fraction of sp³-hybridized carbons (Fsp3) is 0.412. The first kappa shape index (κ1) is 16.5. The molecule has 0 spiro atoms. The van der Waals surface area contributed by atoms with Gasteiger partial charge < -0.3 is 10.5 Å². The summed E-state index contributed by atoms with van der Waals surface area (Å²) in [6, 6.07) is 8.77. The van der Waals surface area contributed by atoms with Gasteiger partial charge in [-0.3, -0.25) is 0 Å². The molecule has 21 heavy (non-hydrogen) atoms. The Bertz CT molecular complexity index is 586. The first-order valence-electron chi connectivity index (χ1n) is 7.22. The number of nitrogens with two attached hydrogens (primary N) is 1. The Labute approximate surface area is 139 Å². The maximum Gasteiger partial charge on any atom is 0.125 e. The van der Waals surface area contributed by atoms with E-state index in [1.165, 1.54) is 21.6 Å². The van der Waals surface area contributed by atoms with E-state index in [4.69, 9.17) is 10.5 Å². The molecular weight excluding hydrogens is 346 g/mol. The molecule has 1 unspecified atom stereocenters. The van der Waals surface area contributed by atoms with Crippen LogP contribution in [0.25, 0.3) is 0 Å². The Morgan fingerprint density at radius 1 is 1.24 bits per heavy atom. The summed E-state index contributed by atoms with van der Waals surface area (Å²) in [6.45, 7) is 6.95. The van der Waals surface area contributed by atoms with Crippen molar-refractivity contribution in [3.63, 3.8) is 0 Å². The second-order valence-corrected chi connectivity index (χ2v) is 7.97. The molecule has 0 saturated carbocycles. The highest BCUT2D eigenvalue weighted by atomic mass is 79.9. The molecule has 0 radical (unpaired) electrons. The van der Waals surface area contributed by atoms with Crippen molar-refractivity contribution >= 4 is 27.3 Å². The molecule has 0 aliphatic carbocycles. The highest BCUT2D eigenvalue weighted by Crippen LogP contribution is 2.28. The van der Waals surface area contributed by atoms with E-state index in [0.717, 1.165) is 22.4 Å². The molecule has 2 N–H and O–H groups in total. The van der Waals surface area contributed by atoms with Gasteiger partial charge in [0.2, 0.25) is 0 Å². The lowest BCUT2D eigenvalue weighted by Gasteiger charge is -2.15. The van der Waals surface area contributed by atoms with Crippen LogP contribution in [0, 0.1) is 13.8 Å². The van der Waals surface area contributed by atoms with E-state index in [9.17, 15) is 0 Å². The van der Waals surface area contributed by atoms with Crippen molar-refractivity contribution < 1.29 is 4.74 Å². The Hall–Kier alpha value is -0.840. The van der Waals surface area contributed by atoms with Crippen LogP contribution in [-0.2, 0) is 13.0 Å². The Kier molecular flexibility index (Phi) is 5.85. The topological polar surface area (TPSA) is 35.2 Å². The van der Waals surface area contributed by atoms with Crippen molar-refractivity contribution in [2.75, 3.05) is 0 Å². The Balaban J connectivity index is 2.09. The SMILES string of the molecule is CCC(N)Cc1cc(C)c(OCc2ccc(Br)s2)c(C)c1. The van der Waals surface area contributed by atoms with Gasteiger partial charge in [0.25, 0.3) is 0 Å². The Morgan fingerprint density at radius 2 is 1.90 bits per heavy atom. The molecule has 0 aliphatic heterocycles. The van der Waals surface area contributed by atoms with Gasteiger partial charge in [-0.05, 0) is 71.4 Å². The van der Waals surface area contributed by atoms with Gasteiger partial charge in [-0.25, -0.2) is 0 Å². The molecule has 4 heteroatoms. The number of thiophene rings is 1. The minimum absolute atomic E-state index is 0.235. The molecule has 0 bridgehead atoms. The summed E-state index contributed by atoms with van der Waals surface area (Å²) in [5.74, 6) is 0.994. The maximum absolute atomic E-state index is 6.05. The van der Waals surface area contributed by atoms with Gasteiger partial charge >= 0.3 is 0 Å². The predicted molar refractivity (Wildman–Crippen MR) is 94.2 cm³/mol. The average Bonchev–Trinajstić information content (AvgIpc) is 2.83. The molecule has 2 nitrogen and oxygen atoms in total. The minimum Gasteiger partial charge on any atom is -0.488 e. The van der Waals surface area contributed by atoms with Gasteiger partial charge in [-0.15, -0.1) is 11.3 Å². The lowest BCUT2D eigenvalue weighted by atomic mass is 9.99. The fourth-order valence-electron chi connectivity index (χ4n) is 2.41. The molecule has 0 saturated heterocycles. The number of benzene rings is 1. The van der Waals surface area contributed by atoms with E-state index in [0.29, 0.717) is 6.61 Å². The zero-order valence-electron chi connectivity index (χ0n) is 12.8. The summed E-state index contributed by atoms with van der Waals surface area (Å²) in [5.41, 5.74) is 9.71. The monoisotopic (exact) mass is 367 g/mol. The molecule has 1 aromatic carbocycles. The summed E-state index contributed by atoms with van der Waals surface area (Å²) in [5, 5.41) is 0. The summed E-state index contributed by atoms with van der Waals surface area (Å²) in [4.78, 5) is 1.22. The quantitative estimate of drug-likeness (QED) is 0.780. The summed E-state index contributed by atoms with van der Waals surface area (Å²) in [7, 11) is 0. The van der Waals surface area contributed by atoms with Gasteiger partial charge in [0.1, 0.15) is 12.4 Å². The fourth-order valence-corrected chi connectivity index (χ4v) is 3.80. The molecule has 0 aliphatic rings. The van der Waals surface area contributed by atoms with E-state index in [1.54, 1.807) is 11.3 Å². The third-order valence-corrected chi connectivity index (χ3v) is 5.13. The van der Waals surface area contributed by atoms with Crippen LogP contribution in [0.2, 0.25) is 0 Å². The number of halogens is 1. The Morgan fingerprint density at radius 3 is 2.43 bits per heavy atom. The van der Waals surface area contributed by atoms with Crippen LogP contribution in [0.4, 0.5) is 0 Å². The van der Waals surface area contributed by atoms with Gasteiger partial charge in [0.15, 0.2) is 0 Å². The van der Waals surface area contributed by atoms with E-state index in [-0.39, 0.29) is 6.04 Å². The first-order valence-corrected chi connectivity index (χ1v) is 8.83. The molecule has 1 heterocycles. The van der Waals surface area contributed by atoms with Crippen molar-refractivity contribution in [2.24, 2.45) is 5.73 Å². The molecule has 1 aromatic heterocycles. The molecule has 0 amide bonds. The van der Waals surface area contributed by atoms with Gasteiger partial charge in [-0.2, -0.15) is 0 Å². The summed E-state index contributed by atoms with van der Waals surface area (Å²) >= 11 is 5.19. The summed E-state index contributed by atoms with van der Waals surface area (Å²) in [6.07, 6.45) is 1.93. The minimum atomic E-state index is 0.235. The molecule has 1 atom stereocenters. The van der Waals surface area contributed by atoms with Crippen LogP contribution in [-0.4, -0.2) is 6.04 Å². The van der Waals surface area contributed by atoms with Gasteiger partial charge in [-0.1, -0.05) is 19.1 Å². The van der Waals surface area contributed by atoms with Crippen LogP contribution in [0.3, 0.4) is 0 Å². The smallest absolute Gasteiger partial charge is 0.125 e. The van der Waals surface area contributed by atoms with Crippen LogP contribution in [0.5, 0.6) is 5.75 Å². The molecule has 2 rings (SSSR count). The van der Waals surface area contributed by atoms with Crippen molar-refractivity contribution in [1.82, 2.24) is 0 Å². The van der Waals surface area contributed by atoms with E-state index < -0.39 is 0 Å². The maximum atomic E-state index is 6.05. The molecule has 2 aromatic rings. The number of ether oxygens (including phenoxy) is 1. The zero-order valence-corrected chi connectivity index (χ0v) is 15.2. The summed E-state index contributed by atoms with van der Waals surface area (Å²) < 4.78 is 7.15. The highest BCUT2D eigenvalue weighted by molar-refractivity contribution is 9.11. The second-order valence-electron chi connectivity index (χ2n) is 5.43. The largest absolute Gasteiger partial charge is 0.488 e. The lowest BCUT2D eigenvalue weighted by molar-refractivity contribution is 0.305. The second kappa shape index (κ2) is 7.43. The van der Waals surface area contributed by atoms with Crippen molar-refractivity contribution in [3.8, 4) is 5.75 Å². The number of hydrogen-bond acceptors (Lipinski definition) is 3. The number of aryl methyl sites for hydroxylation is 2. The molecular formula is C17H22BrNOS.